The van der Waals surface area contributed by atoms with Crippen molar-refractivity contribution in [1.29, 1.82) is 0 Å². The van der Waals surface area contributed by atoms with E-state index in [1.807, 2.05) is 35.9 Å². The van der Waals surface area contributed by atoms with E-state index in [-0.39, 0.29) is 12.6 Å². The first kappa shape index (κ1) is 19.4. The van der Waals surface area contributed by atoms with Crippen molar-refractivity contribution in [3.8, 4) is 0 Å². The van der Waals surface area contributed by atoms with E-state index in [1.54, 1.807) is 18.7 Å². The van der Waals surface area contributed by atoms with Gasteiger partial charge >= 0.3 is 17.9 Å². The van der Waals surface area contributed by atoms with Crippen molar-refractivity contribution >= 4 is 28.8 Å². The van der Waals surface area contributed by atoms with E-state index >= 15 is 0 Å². The summed E-state index contributed by atoms with van der Waals surface area (Å²) in [6, 6.07) is 7.75. The average Bonchev–Trinajstić information content (AvgIpc) is 3.27. The van der Waals surface area contributed by atoms with Crippen molar-refractivity contribution in [3.63, 3.8) is 0 Å². The van der Waals surface area contributed by atoms with Crippen molar-refractivity contribution in [1.82, 2.24) is 14.5 Å². The highest BCUT2D eigenvalue weighted by Crippen LogP contribution is 2.21. The smallest absolute Gasteiger partial charge is 0.340 e. The van der Waals surface area contributed by atoms with Gasteiger partial charge in [-0.05, 0) is 6.07 Å². The predicted octanol–water partition coefficient (Wildman–Crippen LogP) is 1.97. The summed E-state index contributed by atoms with van der Waals surface area (Å²) >= 11 is 0. The molecule has 0 unspecified atom stereocenters. The molecule has 2 heterocycles. The summed E-state index contributed by atoms with van der Waals surface area (Å²) in [5.41, 5.74) is 2.36. The fraction of sp³-hybridized carbons (Fsp3) is 0.111. The number of carbonyl (C=O) groups is 3. The number of nitrogens with one attached hydrogen (secondary N) is 1. The van der Waals surface area contributed by atoms with Crippen LogP contribution in [0.4, 0.5) is 0 Å². The van der Waals surface area contributed by atoms with E-state index in [0.29, 0.717) is 17.7 Å². The van der Waals surface area contributed by atoms with Gasteiger partial charge in [0, 0.05) is 36.3 Å². The minimum Gasteiger partial charge on any atom is -0.478 e. The number of hydrogen-bond acceptors (Lipinski definition) is 5. The number of para-hydroxylation sites is 1. The molecule has 2 aromatic heterocycles. The van der Waals surface area contributed by atoms with Gasteiger partial charge in [-0.3, -0.25) is 0 Å². The second kappa shape index (κ2) is 8.99. The number of nitrogens with zero attached hydrogens (tertiary/aromatic N) is 2. The summed E-state index contributed by atoms with van der Waals surface area (Å²) in [5, 5.41) is 16.5. The van der Waals surface area contributed by atoms with Crippen molar-refractivity contribution in [2.75, 3.05) is 0 Å². The predicted molar refractivity (Wildman–Crippen MR) is 95.0 cm³/mol. The number of aromatic amines is 1. The minimum absolute atomic E-state index is 0.196. The lowest BCUT2D eigenvalue weighted by atomic mass is 10.2. The van der Waals surface area contributed by atoms with Crippen molar-refractivity contribution in [3.05, 3.63) is 66.4 Å². The van der Waals surface area contributed by atoms with Gasteiger partial charge < -0.3 is 24.5 Å². The molecule has 0 bridgehead atoms. The average molecular weight is 371 g/mol. The fourth-order valence-corrected chi connectivity index (χ4v) is 2.23. The number of aromatic nitrogens is 3. The van der Waals surface area contributed by atoms with Crippen molar-refractivity contribution in [2.45, 2.75) is 6.61 Å². The molecule has 0 saturated heterocycles. The molecule has 3 aromatic rings. The Morgan fingerprint density at radius 3 is 2.44 bits per heavy atom. The summed E-state index contributed by atoms with van der Waals surface area (Å²) in [7, 11) is 1.91. The molecule has 27 heavy (non-hydrogen) atoms. The molecular weight excluding hydrogens is 354 g/mol. The van der Waals surface area contributed by atoms with Crippen LogP contribution in [0.2, 0.25) is 0 Å². The molecule has 0 spiro atoms. The van der Waals surface area contributed by atoms with E-state index in [2.05, 4.69) is 9.97 Å². The molecule has 140 valence electrons. The molecular formula is C18H17N3O6. The highest BCUT2D eigenvalue weighted by atomic mass is 16.5. The number of esters is 1. The van der Waals surface area contributed by atoms with Gasteiger partial charge in [0.05, 0.1) is 23.8 Å². The van der Waals surface area contributed by atoms with Gasteiger partial charge in [-0.1, -0.05) is 18.2 Å². The van der Waals surface area contributed by atoms with Crippen LogP contribution in [0, 0.1) is 0 Å². The first-order valence-corrected chi connectivity index (χ1v) is 7.71. The number of H-pyrrole nitrogens is 1. The van der Waals surface area contributed by atoms with E-state index in [0.717, 1.165) is 16.6 Å². The number of carbonyl (C=O) groups excluding carboxylic acids is 1. The summed E-state index contributed by atoms with van der Waals surface area (Å²) in [4.78, 5) is 38.0. The Morgan fingerprint density at radius 2 is 1.85 bits per heavy atom. The van der Waals surface area contributed by atoms with Crippen molar-refractivity contribution < 1.29 is 29.3 Å². The number of benzene rings is 1. The number of carboxylic acid groups (broad SMARTS) is 2. The zero-order valence-electron chi connectivity index (χ0n) is 14.3. The number of aliphatic carboxylic acids is 2. The molecule has 9 heteroatoms. The minimum atomic E-state index is -1.26. The molecule has 0 aliphatic carbocycles. The van der Waals surface area contributed by atoms with Crippen LogP contribution in [0.1, 0.15) is 16.1 Å². The molecule has 9 nitrogen and oxygen atoms in total. The number of imidazole rings is 1. The summed E-state index contributed by atoms with van der Waals surface area (Å²) < 4.78 is 7.19. The Kier molecular flexibility index (Phi) is 6.48. The zero-order chi connectivity index (χ0) is 19.8. The molecule has 0 saturated carbocycles. The number of ether oxygens (including phenoxy) is 1. The third-order valence-corrected chi connectivity index (χ3v) is 3.40. The van der Waals surface area contributed by atoms with E-state index < -0.39 is 11.9 Å². The van der Waals surface area contributed by atoms with Gasteiger partial charge in [-0.25, -0.2) is 19.4 Å². The molecule has 3 rings (SSSR count). The lowest BCUT2D eigenvalue weighted by molar-refractivity contribution is -0.134. The standard InChI is InChI=1S/C14H13N3O2.C4H4O4/c1-17-7-12(11-4-2-3-5-13(11)17)14(18)19-8-10-6-15-9-16-10;5-3(6)1-2-4(7)8/h2-7,9H,8H2,1H3,(H,15,16);1-2H,(H,5,6)(H,7,8)/b;2-1-. The van der Waals surface area contributed by atoms with Gasteiger partial charge in [-0.15, -0.1) is 0 Å². The Hall–Kier alpha value is -3.88. The fourth-order valence-electron chi connectivity index (χ4n) is 2.23. The van der Waals surface area contributed by atoms with Crippen LogP contribution in [0.5, 0.6) is 0 Å². The number of aryl methyl sites for hydroxylation is 1. The van der Waals surface area contributed by atoms with Crippen LogP contribution in [-0.4, -0.2) is 42.7 Å². The maximum Gasteiger partial charge on any atom is 0.340 e. The van der Waals surface area contributed by atoms with E-state index in [1.165, 1.54) is 0 Å². The monoisotopic (exact) mass is 371 g/mol. The quantitative estimate of drug-likeness (QED) is 0.461. The van der Waals surface area contributed by atoms with Gasteiger partial charge in [0.25, 0.3) is 0 Å². The Balaban J connectivity index is 0.000000279. The maximum absolute atomic E-state index is 12.1. The number of rotatable bonds is 5. The van der Waals surface area contributed by atoms with Crippen LogP contribution < -0.4 is 0 Å². The van der Waals surface area contributed by atoms with E-state index in [9.17, 15) is 14.4 Å². The number of carboxylic acids is 2. The van der Waals surface area contributed by atoms with Gasteiger partial charge in [0.1, 0.15) is 6.61 Å². The van der Waals surface area contributed by atoms with Crippen LogP contribution >= 0.6 is 0 Å². The molecule has 0 aliphatic rings. The largest absolute Gasteiger partial charge is 0.478 e. The third-order valence-electron chi connectivity index (χ3n) is 3.40. The Morgan fingerprint density at radius 1 is 1.19 bits per heavy atom. The molecule has 0 atom stereocenters. The van der Waals surface area contributed by atoms with Gasteiger partial charge in [0.15, 0.2) is 0 Å². The summed E-state index contributed by atoms with van der Waals surface area (Å²) in [6.07, 6.45) is 6.10. The SMILES string of the molecule is Cn1cc(C(=O)OCc2cnc[nH]2)c2ccccc21.O=C(O)/C=C\C(=O)O. The third kappa shape index (κ3) is 5.56. The molecule has 0 fully saturated rings. The van der Waals surface area contributed by atoms with E-state index in [4.69, 9.17) is 14.9 Å². The second-order valence-corrected chi connectivity index (χ2v) is 5.33. The topological polar surface area (TPSA) is 135 Å². The first-order valence-electron chi connectivity index (χ1n) is 7.71. The number of fused-ring (bicyclic) bond motifs is 1. The molecule has 0 amide bonds. The second-order valence-electron chi connectivity index (χ2n) is 5.33. The number of hydrogen-bond donors (Lipinski definition) is 3. The Bertz CT molecular complexity index is 956. The van der Waals surface area contributed by atoms with Gasteiger partial charge in [-0.2, -0.15) is 0 Å². The van der Waals surface area contributed by atoms with Crippen LogP contribution in [0.15, 0.2) is 55.1 Å². The Labute approximate surface area is 153 Å². The normalized spacial score (nSPS) is 10.4. The lowest BCUT2D eigenvalue weighted by Gasteiger charge is -2.01. The van der Waals surface area contributed by atoms with Gasteiger partial charge in [0.2, 0.25) is 0 Å². The molecule has 0 radical (unpaired) electrons. The lowest BCUT2D eigenvalue weighted by Crippen LogP contribution is -2.04. The summed E-state index contributed by atoms with van der Waals surface area (Å²) in [5.74, 6) is -2.84. The molecule has 0 aliphatic heterocycles. The summed E-state index contributed by atoms with van der Waals surface area (Å²) in [6.45, 7) is 0.196. The highest BCUT2D eigenvalue weighted by molar-refractivity contribution is 6.04. The van der Waals surface area contributed by atoms with Crippen LogP contribution in [0.3, 0.4) is 0 Å². The molecule has 3 N–H and O–H groups in total. The maximum atomic E-state index is 12.1. The van der Waals surface area contributed by atoms with Crippen LogP contribution in [-0.2, 0) is 28.0 Å². The van der Waals surface area contributed by atoms with Crippen molar-refractivity contribution in [2.24, 2.45) is 7.05 Å². The highest BCUT2D eigenvalue weighted by Gasteiger charge is 2.15. The van der Waals surface area contributed by atoms with Crippen LogP contribution in [0.25, 0.3) is 10.9 Å². The first-order chi connectivity index (χ1) is 12.9. The zero-order valence-corrected chi connectivity index (χ0v) is 14.3. The molecule has 1 aromatic carbocycles.